The summed E-state index contributed by atoms with van der Waals surface area (Å²) in [4.78, 5) is 11.7. The van der Waals surface area contributed by atoms with Crippen LogP contribution in [0.2, 0.25) is 0 Å². The number of methoxy groups -OCH3 is 1. The first-order chi connectivity index (χ1) is 8.33. The highest BCUT2D eigenvalue weighted by molar-refractivity contribution is 9.10. The van der Waals surface area contributed by atoms with Gasteiger partial charge in [0, 0.05) is 12.1 Å². The van der Waals surface area contributed by atoms with Crippen LogP contribution in [0.25, 0.3) is 0 Å². The van der Waals surface area contributed by atoms with Crippen LogP contribution in [0.4, 0.5) is 0 Å². The number of carbonyl (C=O) groups is 1. The fourth-order valence-corrected chi connectivity index (χ4v) is 2.14. The molecule has 0 saturated heterocycles. The van der Waals surface area contributed by atoms with Crippen LogP contribution in [0.1, 0.15) is 10.4 Å². The van der Waals surface area contributed by atoms with E-state index >= 15 is 0 Å². The summed E-state index contributed by atoms with van der Waals surface area (Å²) in [5.74, 6) is -0.0612. The van der Waals surface area contributed by atoms with Crippen LogP contribution in [-0.4, -0.2) is 33.7 Å². The van der Waals surface area contributed by atoms with E-state index in [0.717, 1.165) is 0 Å². The zero-order chi connectivity index (χ0) is 13.8. The molecule has 1 rings (SSSR count). The number of amides is 1. The van der Waals surface area contributed by atoms with Gasteiger partial charge in [0.1, 0.15) is 5.75 Å². The molecule has 1 amide bonds. The normalized spacial score (nSPS) is 11.1. The second kappa shape index (κ2) is 6.17. The summed E-state index contributed by atoms with van der Waals surface area (Å²) < 4.78 is 27.1. The van der Waals surface area contributed by atoms with Crippen molar-refractivity contribution in [2.45, 2.75) is 0 Å². The molecule has 0 bridgehead atoms. The standard InChI is InChI=1S/C10H13BrN2O4S/c1-17-9-3-2-7(6-8(9)11)10(14)13-4-5-18(12,15)16/h2-3,6H,4-5H2,1H3,(H,13,14)(H2,12,15,16). The van der Waals surface area contributed by atoms with Gasteiger partial charge < -0.3 is 10.1 Å². The minimum absolute atomic E-state index is 0.0265. The molecule has 0 aromatic heterocycles. The van der Waals surface area contributed by atoms with E-state index in [2.05, 4.69) is 21.2 Å². The summed E-state index contributed by atoms with van der Waals surface area (Å²) in [6, 6.07) is 4.81. The van der Waals surface area contributed by atoms with E-state index < -0.39 is 10.0 Å². The van der Waals surface area contributed by atoms with Crippen LogP contribution in [0.3, 0.4) is 0 Å². The van der Waals surface area contributed by atoms with Crippen molar-refractivity contribution in [2.75, 3.05) is 19.4 Å². The molecular formula is C10H13BrN2O4S. The van der Waals surface area contributed by atoms with Gasteiger partial charge in [0.2, 0.25) is 10.0 Å². The molecule has 0 saturated carbocycles. The van der Waals surface area contributed by atoms with Crippen molar-refractivity contribution in [2.24, 2.45) is 5.14 Å². The summed E-state index contributed by atoms with van der Waals surface area (Å²) >= 11 is 3.25. The third-order valence-corrected chi connectivity index (χ3v) is 3.48. The number of benzene rings is 1. The number of nitrogens with two attached hydrogens (primary N) is 1. The lowest BCUT2D eigenvalue weighted by atomic mass is 10.2. The Morgan fingerprint density at radius 2 is 2.17 bits per heavy atom. The highest BCUT2D eigenvalue weighted by Crippen LogP contribution is 2.25. The molecule has 0 aliphatic rings. The Morgan fingerprint density at radius 1 is 1.50 bits per heavy atom. The molecule has 0 radical (unpaired) electrons. The van der Waals surface area contributed by atoms with Gasteiger partial charge in [0.15, 0.2) is 0 Å². The lowest BCUT2D eigenvalue weighted by molar-refractivity contribution is 0.0956. The zero-order valence-electron chi connectivity index (χ0n) is 9.64. The molecule has 0 fully saturated rings. The van der Waals surface area contributed by atoms with Crippen molar-refractivity contribution in [1.29, 1.82) is 0 Å². The second-order valence-corrected chi connectivity index (χ2v) is 6.06. The summed E-state index contributed by atoms with van der Waals surface area (Å²) in [5.41, 5.74) is 0.400. The number of nitrogens with one attached hydrogen (secondary N) is 1. The van der Waals surface area contributed by atoms with Crippen LogP contribution < -0.4 is 15.2 Å². The van der Waals surface area contributed by atoms with E-state index in [1.807, 2.05) is 0 Å². The summed E-state index contributed by atoms with van der Waals surface area (Å²) in [7, 11) is -2.05. The summed E-state index contributed by atoms with van der Waals surface area (Å²) in [6.07, 6.45) is 0. The molecule has 3 N–H and O–H groups in total. The number of hydrogen-bond donors (Lipinski definition) is 2. The SMILES string of the molecule is COc1ccc(C(=O)NCCS(N)(=O)=O)cc1Br. The quantitative estimate of drug-likeness (QED) is 0.816. The highest BCUT2D eigenvalue weighted by Gasteiger charge is 2.09. The van der Waals surface area contributed by atoms with Crippen molar-refractivity contribution in [3.05, 3.63) is 28.2 Å². The smallest absolute Gasteiger partial charge is 0.251 e. The minimum Gasteiger partial charge on any atom is -0.496 e. The van der Waals surface area contributed by atoms with E-state index in [0.29, 0.717) is 15.8 Å². The Bertz CT molecular complexity index is 545. The van der Waals surface area contributed by atoms with Crippen LogP contribution in [0.15, 0.2) is 22.7 Å². The van der Waals surface area contributed by atoms with E-state index in [9.17, 15) is 13.2 Å². The minimum atomic E-state index is -3.56. The van der Waals surface area contributed by atoms with Crippen molar-refractivity contribution < 1.29 is 17.9 Å². The number of sulfonamides is 1. The Labute approximate surface area is 114 Å². The Morgan fingerprint density at radius 3 is 2.67 bits per heavy atom. The number of hydrogen-bond acceptors (Lipinski definition) is 4. The van der Waals surface area contributed by atoms with Crippen LogP contribution in [0.5, 0.6) is 5.75 Å². The average Bonchev–Trinajstić information content (AvgIpc) is 2.27. The van der Waals surface area contributed by atoms with Crippen molar-refractivity contribution in [3.8, 4) is 5.75 Å². The monoisotopic (exact) mass is 336 g/mol. The first kappa shape index (κ1) is 14.9. The maximum Gasteiger partial charge on any atom is 0.251 e. The van der Waals surface area contributed by atoms with Gasteiger partial charge in [-0.15, -0.1) is 0 Å². The molecule has 1 aromatic carbocycles. The predicted octanol–water partition coefficient (Wildman–Crippen LogP) is 0.476. The van der Waals surface area contributed by atoms with Crippen molar-refractivity contribution >= 4 is 31.9 Å². The van der Waals surface area contributed by atoms with Gasteiger partial charge in [0.25, 0.3) is 5.91 Å². The number of primary sulfonamides is 1. The summed E-state index contributed by atoms with van der Waals surface area (Å²) in [6.45, 7) is -0.0265. The van der Waals surface area contributed by atoms with Crippen LogP contribution in [-0.2, 0) is 10.0 Å². The Kier molecular flexibility index (Phi) is 5.12. The van der Waals surface area contributed by atoms with Gasteiger partial charge in [-0.05, 0) is 34.1 Å². The predicted molar refractivity (Wildman–Crippen MR) is 71.0 cm³/mol. The summed E-state index contributed by atoms with van der Waals surface area (Å²) in [5, 5.41) is 7.28. The number of halogens is 1. The zero-order valence-corrected chi connectivity index (χ0v) is 12.0. The van der Waals surface area contributed by atoms with E-state index in [1.165, 1.54) is 7.11 Å². The Balaban J connectivity index is 2.65. The van der Waals surface area contributed by atoms with Gasteiger partial charge >= 0.3 is 0 Å². The molecule has 6 nitrogen and oxygen atoms in total. The molecule has 0 aliphatic heterocycles. The van der Waals surface area contributed by atoms with E-state index in [1.54, 1.807) is 18.2 Å². The van der Waals surface area contributed by atoms with Crippen LogP contribution >= 0.6 is 15.9 Å². The van der Waals surface area contributed by atoms with Gasteiger partial charge in [-0.25, -0.2) is 13.6 Å². The number of ether oxygens (including phenoxy) is 1. The topological polar surface area (TPSA) is 98.5 Å². The molecular weight excluding hydrogens is 324 g/mol. The molecule has 0 unspecified atom stereocenters. The molecule has 1 aromatic rings. The van der Waals surface area contributed by atoms with Gasteiger partial charge in [-0.3, -0.25) is 4.79 Å². The third kappa shape index (κ3) is 4.63. The maximum absolute atomic E-state index is 11.7. The lowest BCUT2D eigenvalue weighted by Gasteiger charge is -2.07. The van der Waals surface area contributed by atoms with Crippen LogP contribution in [0, 0.1) is 0 Å². The van der Waals surface area contributed by atoms with Crippen molar-refractivity contribution in [3.63, 3.8) is 0 Å². The maximum atomic E-state index is 11.7. The number of carbonyl (C=O) groups excluding carboxylic acids is 1. The molecule has 0 spiro atoms. The molecule has 0 aliphatic carbocycles. The molecule has 100 valence electrons. The molecule has 18 heavy (non-hydrogen) atoms. The average molecular weight is 337 g/mol. The van der Waals surface area contributed by atoms with E-state index in [4.69, 9.17) is 9.88 Å². The van der Waals surface area contributed by atoms with Gasteiger partial charge in [-0.1, -0.05) is 0 Å². The van der Waals surface area contributed by atoms with Crippen molar-refractivity contribution in [1.82, 2.24) is 5.32 Å². The first-order valence-corrected chi connectivity index (χ1v) is 7.46. The highest BCUT2D eigenvalue weighted by atomic mass is 79.9. The largest absolute Gasteiger partial charge is 0.496 e. The Hall–Kier alpha value is -1.12. The third-order valence-electron chi connectivity index (χ3n) is 2.09. The molecule has 0 heterocycles. The second-order valence-electron chi connectivity index (χ2n) is 3.47. The van der Waals surface area contributed by atoms with E-state index in [-0.39, 0.29) is 18.2 Å². The fraction of sp³-hybridized carbons (Fsp3) is 0.300. The first-order valence-electron chi connectivity index (χ1n) is 4.95. The fourth-order valence-electron chi connectivity index (χ4n) is 1.22. The molecule has 0 atom stereocenters. The van der Waals surface area contributed by atoms with Gasteiger partial charge in [0.05, 0.1) is 17.3 Å². The molecule has 8 heteroatoms. The van der Waals surface area contributed by atoms with Gasteiger partial charge in [-0.2, -0.15) is 0 Å². The lowest BCUT2D eigenvalue weighted by Crippen LogP contribution is -2.31. The number of rotatable bonds is 5.